The number of fused-ring (bicyclic) bond motifs is 1. The van der Waals surface area contributed by atoms with E-state index in [1.165, 1.54) is 7.05 Å². The largest absolute Gasteiger partial charge is 0.496 e. The number of methoxy groups -OCH3 is 1. The smallest absolute Gasteiger partial charge is 0.276 e. The fraction of sp³-hybridized carbons (Fsp3) is 0.462. The summed E-state index contributed by atoms with van der Waals surface area (Å²) in [5.74, 6) is -5.77. The van der Waals surface area contributed by atoms with Gasteiger partial charge >= 0.3 is 0 Å². The summed E-state index contributed by atoms with van der Waals surface area (Å²) >= 11 is 0. The highest BCUT2D eigenvalue weighted by atomic mass is 16.8. The zero-order valence-electron chi connectivity index (χ0n) is 21.8. The summed E-state index contributed by atoms with van der Waals surface area (Å²) in [7, 11) is 8.70. The number of aliphatic imine (C=N–C) groups is 1. The van der Waals surface area contributed by atoms with Gasteiger partial charge in [-0.1, -0.05) is 0 Å². The van der Waals surface area contributed by atoms with Gasteiger partial charge in [0.1, 0.15) is 17.0 Å². The molecular formula is C26H32BN3O8. The van der Waals surface area contributed by atoms with E-state index in [1.807, 2.05) is 37.5 Å². The number of carbonyl (C=O) groups is 1. The van der Waals surface area contributed by atoms with Crippen LogP contribution in [0.15, 0.2) is 41.2 Å². The van der Waals surface area contributed by atoms with Crippen molar-refractivity contribution in [3.63, 3.8) is 0 Å². The lowest BCUT2D eigenvalue weighted by Crippen LogP contribution is -2.74. The second-order valence-corrected chi connectivity index (χ2v) is 9.75. The molecule has 2 radical (unpaired) electrons. The van der Waals surface area contributed by atoms with Crippen molar-refractivity contribution >= 4 is 25.0 Å². The first-order chi connectivity index (χ1) is 17.8. The molecule has 1 fully saturated rings. The number of hydrogen-bond donors (Lipinski definition) is 5. The fourth-order valence-electron chi connectivity index (χ4n) is 5.03. The molecule has 0 bridgehead atoms. The third-order valence-corrected chi connectivity index (χ3v) is 6.91. The van der Waals surface area contributed by atoms with Crippen molar-refractivity contribution in [1.29, 1.82) is 0 Å². The highest BCUT2D eigenvalue weighted by Crippen LogP contribution is 2.40. The van der Waals surface area contributed by atoms with Crippen LogP contribution < -0.4 is 4.74 Å². The quantitative estimate of drug-likeness (QED) is 0.180. The molecule has 0 saturated carbocycles. The van der Waals surface area contributed by atoms with Crippen molar-refractivity contribution in [2.45, 2.75) is 44.0 Å². The Bertz CT molecular complexity index is 1250. The first-order valence-corrected chi connectivity index (χ1v) is 12.1. The van der Waals surface area contributed by atoms with Crippen LogP contribution in [0.3, 0.4) is 0 Å². The lowest BCUT2D eigenvalue weighted by atomic mass is 9.81. The van der Waals surface area contributed by atoms with Crippen molar-refractivity contribution in [1.82, 2.24) is 9.88 Å². The second kappa shape index (κ2) is 10.3. The average molecular weight is 525 g/mol. The Morgan fingerprint density at radius 3 is 2.45 bits per heavy atom. The van der Waals surface area contributed by atoms with Gasteiger partial charge in [0.05, 0.1) is 26.9 Å². The molecular weight excluding hydrogens is 493 g/mol. The van der Waals surface area contributed by atoms with E-state index in [9.17, 15) is 25.2 Å². The monoisotopic (exact) mass is 525 g/mol. The summed E-state index contributed by atoms with van der Waals surface area (Å²) in [6.45, 7) is 2.04. The minimum atomic E-state index is -3.11. The van der Waals surface area contributed by atoms with Crippen LogP contribution in [0.5, 0.6) is 5.75 Å². The van der Waals surface area contributed by atoms with Crippen LogP contribution in [0.2, 0.25) is 0 Å². The number of amides is 1. The minimum Gasteiger partial charge on any atom is -0.496 e. The molecule has 1 amide bonds. The number of allylic oxidation sites excluding steroid dienone is 1. The normalized spacial score (nSPS) is 17.6. The summed E-state index contributed by atoms with van der Waals surface area (Å²) in [5, 5.41) is 40.2. The van der Waals surface area contributed by atoms with E-state index < -0.39 is 29.8 Å². The van der Waals surface area contributed by atoms with E-state index >= 15 is 0 Å². The maximum atomic E-state index is 13.9. The number of benzene rings is 1. The minimum absolute atomic E-state index is 0.00730. The Balaban J connectivity index is 1.75. The number of rotatable bonds is 9. The molecule has 1 aromatic heterocycles. The van der Waals surface area contributed by atoms with E-state index in [-0.39, 0.29) is 18.9 Å². The second-order valence-electron chi connectivity index (χ2n) is 9.75. The Hall–Kier alpha value is -3.00. The number of aromatic amines is 1. The Labute approximate surface area is 221 Å². The van der Waals surface area contributed by atoms with Crippen LogP contribution in [0.25, 0.3) is 16.7 Å². The van der Waals surface area contributed by atoms with Gasteiger partial charge < -0.3 is 39.6 Å². The average Bonchev–Trinajstić information content (AvgIpc) is 3.35. The van der Waals surface area contributed by atoms with Crippen LogP contribution in [-0.4, -0.2) is 101 Å². The molecule has 1 aliphatic carbocycles. The maximum absolute atomic E-state index is 13.9. The van der Waals surface area contributed by atoms with Crippen molar-refractivity contribution in [2.24, 2.45) is 4.99 Å². The number of aromatic nitrogens is 1. The van der Waals surface area contributed by atoms with Gasteiger partial charge in [0.2, 0.25) is 0 Å². The number of H-pyrrole nitrogens is 1. The Kier molecular flexibility index (Phi) is 7.59. The first kappa shape index (κ1) is 28.0. The molecule has 202 valence electrons. The standard InChI is InChI=1S/C26H32BN3O8/c1-15-18(6-5-16-9-21(36-4)20(10-19(15)16)17-7-8-29-11-17)22(28-3)23(31)30(26(27,34)35)25(12-37-13-25)14-38-24(2,32)33/h7-11,29,32-35H,5-6,12-14H2,1-4H3. The third-order valence-electron chi connectivity index (χ3n) is 6.91. The van der Waals surface area contributed by atoms with Gasteiger partial charge in [-0.05, 0) is 60.2 Å². The van der Waals surface area contributed by atoms with Crippen molar-refractivity contribution < 1.29 is 39.4 Å². The van der Waals surface area contributed by atoms with E-state index in [2.05, 4.69) is 9.98 Å². The number of nitrogens with zero attached hydrogens (tertiary/aromatic N) is 2. The van der Waals surface area contributed by atoms with Crippen LogP contribution in [0, 0.1) is 0 Å². The first-order valence-electron chi connectivity index (χ1n) is 12.1. The number of ether oxygens (including phenoxy) is 3. The van der Waals surface area contributed by atoms with Crippen LogP contribution in [-0.2, 0) is 20.7 Å². The Morgan fingerprint density at radius 1 is 1.24 bits per heavy atom. The summed E-state index contributed by atoms with van der Waals surface area (Å²) in [5.41, 5.74) is 3.71. The molecule has 2 aromatic rings. The topological polar surface area (TPSA) is 157 Å². The number of carbonyl (C=O) groups excluding carboxylic acids is 1. The van der Waals surface area contributed by atoms with E-state index in [0.717, 1.165) is 40.5 Å². The number of hydrogen-bond acceptors (Lipinski definition) is 9. The number of aliphatic hydroxyl groups is 4. The van der Waals surface area contributed by atoms with Crippen LogP contribution >= 0.6 is 0 Å². The molecule has 5 N–H and O–H groups in total. The summed E-state index contributed by atoms with van der Waals surface area (Å²) in [6.07, 6.45) is 4.73. The van der Waals surface area contributed by atoms with Crippen molar-refractivity contribution in [3.05, 3.63) is 47.3 Å². The predicted octanol–water partition coefficient (Wildman–Crippen LogP) is 0.518. The molecule has 4 rings (SSSR count). The van der Waals surface area contributed by atoms with Crippen molar-refractivity contribution in [2.75, 3.05) is 34.0 Å². The van der Waals surface area contributed by atoms with Crippen molar-refractivity contribution in [3.8, 4) is 16.9 Å². The highest BCUT2D eigenvalue weighted by Gasteiger charge is 2.54. The summed E-state index contributed by atoms with van der Waals surface area (Å²) < 4.78 is 15.9. The molecule has 0 atom stereocenters. The van der Waals surface area contributed by atoms with Gasteiger partial charge in [-0.15, -0.1) is 0 Å². The van der Waals surface area contributed by atoms with Gasteiger partial charge in [0.25, 0.3) is 11.9 Å². The van der Waals surface area contributed by atoms with Gasteiger partial charge in [-0.3, -0.25) is 14.7 Å². The molecule has 2 aliphatic rings. The molecule has 1 aliphatic heterocycles. The molecule has 0 spiro atoms. The van der Waals surface area contributed by atoms with Crippen LogP contribution in [0.4, 0.5) is 0 Å². The molecule has 1 aromatic carbocycles. The zero-order chi connectivity index (χ0) is 27.9. The molecule has 2 heterocycles. The predicted molar refractivity (Wildman–Crippen MR) is 139 cm³/mol. The molecule has 0 unspecified atom stereocenters. The molecule has 12 heteroatoms. The molecule has 11 nitrogen and oxygen atoms in total. The lowest BCUT2D eigenvalue weighted by Gasteiger charge is -2.53. The van der Waals surface area contributed by atoms with E-state index in [0.29, 0.717) is 23.3 Å². The van der Waals surface area contributed by atoms with E-state index in [1.54, 1.807) is 7.11 Å². The molecule has 1 saturated heterocycles. The maximum Gasteiger partial charge on any atom is 0.276 e. The van der Waals surface area contributed by atoms with Gasteiger partial charge in [-0.25, -0.2) is 0 Å². The third kappa shape index (κ3) is 5.28. The summed E-state index contributed by atoms with van der Waals surface area (Å²) in [4.78, 5) is 21.8. The lowest BCUT2D eigenvalue weighted by molar-refractivity contribution is -0.352. The fourth-order valence-corrected chi connectivity index (χ4v) is 5.03. The summed E-state index contributed by atoms with van der Waals surface area (Å²) in [6, 6.07) is 5.92. The van der Waals surface area contributed by atoms with Gasteiger partial charge in [-0.2, -0.15) is 0 Å². The highest BCUT2D eigenvalue weighted by molar-refractivity contribution is 6.47. The van der Waals surface area contributed by atoms with Gasteiger partial charge in [0, 0.05) is 37.5 Å². The van der Waals surface area contributed by atoms with Crippen LogP contribution in [0.1, 0.15) is 31.4 Å². The SMILES string of the molecule is [B]C(O)(O)N(C(=O)C(=NC)C1=C(C)c2cc(-c3cc[nH]c3)c(OC)cc2CC1)C1(COC(C)(O)O)COC1. The molecule has 38 heavy (non-hydrogen) atoms. The zero-order valence-corrected chi connectivity index (χ0v) is 21.8. The van der Waals surface area contributed by atoms with Gasteiger partial charge in [0.15, 0.2) is 13.7 Å². The van der Waals surface area contributed by atoms with E-state index in [4.69, 9.17) is 22.1 Å². The Morgan fingerprint density at radius 2 is 1.95 bits per heavy atom. The number of aryl methyl sites for hydroxylation is 1. The number of nitrogens with one attached hydrogen (secondary N) is 1.